The Balaban J connectivity index is 0.990. The molecule has 16 aromatic rings. The molecule has 0 bridgehead atoms. The van der Waals surface area contributed by atoms with Crippen molar-refractivity contribution in [1.82, 2.24) is 15.0 Å². The minimum Gasteiger partial charge on any atom is -0.256 e. The summed E-state index contributed by atoms with van der Waals surface area (Å²) in [5, 5.41) is 21.0. The lowest BCUT2D eigenvalue weighted by Crippen LogP contribution is -1.97. The van der Waals surface area contributed by atoms with Crippen LogP contribution < -0.4 is 0 Å². The first-order valence-electron chi connectivity index (χ1n) is 26.7. The van der Waals surface area contributed by atoms with Crippen LogP contribution in [0.3, 0.4) is 0 Å². The molecule has 2 heterocycles. The van der Waals surface area contributed by atoms with Gasteiger partial charge in [-0.1, -0.05) is 218 Å². The predicted molar refractivity (Wildman–Crippen MR) is 330 cm³/mol. The molecule has 0 radical (unpaired) electrons. The highest BCUT2D eigenvalue weighted by molar-refractivity contribution is 6.34. The summed E-state index contributed by atoms with van der Waals surface area (Å²) < 4.78 is 0. The molecule has 0 spiro atoms. The van der Waals surface area contributed by atoms with Gasteiger partial charge in [-0.3, -0.25) is 4.98 Å². The molecular weight excluding hydrogens is 943 g/mol. The maximum absolute atomic E-state index is 5.52. The summed E-state index contributed by atoms with van der Waals surface area (Å²) in [6.45, 7) is 0. The number of nitrogens with zero attached hydrogens (tertiary/aromatic N) is 3. The van der Waals surface area contributed by atoms with Crippen molar-refractivity contribution < 1.29 is 0 Å². The van der Waals surface area contributed by atoms with Crippen molar-refractivity contribution in [2.75, 3.05) is 0 Å². The monoisotopic (exact) mass is 987 g/mol. The minimum absolute atomic E-state index is 0.670. The largest absolute Gasteiger partial charge is 0.256 e. The third-order valence-electron chi connectivity index (χ3n) is 16.2. The predicted octanol–water partition coefficient (Wildman–Crippen LogP) is 20.3. The molecule has 0 aliphatic rings. The molecule has 0 unspecified atom stereocenters. The molecule has 16 rings (SSSR count). The highest BCUT2D eigenvalue weighted by Crippen LogP contribution is 2.47. The van der Waals surface area contributed by atoms with E-state index in [0.29, 0.717) is 5.82 Å². The van der Waals surface area contributed by atoms with Crippen molar-refractivity contribution in [3.05, 3.63) is 273 Å². The normalized spacial score (nSPS) is 11.8. The van der Waals surface area contributed by atoms with Crippen molar-refractivity contribution in [3.8, 4) is 67.3 Å². The van der Waals surface area contributed by atoms with Gasteiger partial charge in [0.15, 0.2) is 5.82 Å². The van der Waals surface area contributed by atoms with Gasteiger partial charge in [0.25, 0.3) is 0 Å². The fourth-order valence-corrected chi connectivity index (χ4v) is 12.7. The van der Waals surface area contributed by atoms with Crippen molar-refractivity contribution in [3.63, 3.8) is 0 Å². The van der Waals surface area contributed by atoms with Gasteiger partial charge < -0.3 is 0 Å². The van der Waals surface area contributed by atoms with E-state index in [4.69, 9.17) is 9.97 Å². The van der Waals surface area contributed by atoms with E-state index in [-0.39, 0.29) is 0 Å². The SMILES string of the molecule is c1ccc(-c2nc(-c3ccc(-c4ccnc5ccccc45)cc3)cc(-c3cc(-c4cc5c6ccccc6c6ccccc6c5c5ccccc45)cc(-c4cc5c6ccccc6c6ccccc6c5c5ccccc45)c3)n2)cc1. The van der Waals surface area contributed by atoms with E-state index in [1.807, 2.05) is 18.3 Å². The van der Waals surface area contributed by atoms with E-state index in [2.05, 4.69) is 260 Å². The van der Waals surface area contributed by atoms with E-state index in [0.717, 1.165) is 61.2 Å². The van der Waals surface area contributed by atoms with Crippen LogP contribution in [-0.2, 0) is 0 Å². The second-order valence-electron chi connectivity index (χ2n) is 20.5. The van der Waals surface area contributed by atoms with Gasteiger partial charge in [-0.2, -0.15) is 0 Å². The first-order chi connectivity index (χ1) is 38.7. The number of pyridine rings is 1. The van der Waals surface area contributed by atoms with Gasteiger partial charge in [0.2, 0.25) is 0 Å². The number of hydrogen-bond acceptors (Lipinski definition) is 3. The van der Waals surface area contributed by atoms with E-state index < -0.39 is 0 Å². The minimum atomic E-state index is 0.670. The average molecular weight is 988 g/mol. The quantitative estimate of drug-likeness (QED) is 0.156. The van der Waals surface area contributed by atoms with E-state index in [9.17, 15) is 0 Å². The lowest BCUT2D eigenvalue weighted by molar-refractivity contribution is 1.18. The highest BCUT2D eigenvalue weighted by atomic mass is 14.9. The average Bonchev–Trinajstić information content (AvgIpc) is 3.59. The topological polar surface area (TPSA) is 38.7 Å². The summed E-state index contributed by atoms with van der Waals surface area (Å²) in [5.41, 5.74) is 12.5. The number of hydrogen-bond donors (Lipinski definition) is 0. The van der Waals surface area contributed by atoms with Crippen molar-refractivity contribution in [2.45, 2.75) is 0 Å². The molecule has 0 aliphatic carbocycles. The van der Waals surface area contributed by atoms with Gasteiger partial charge in [0.05, 0.1) is 16.9 Å². The zero-order chi connectivity index (χ0) is 51.3. The molecule has 0 amide bonds. The third-order valence-corrected chi connectivity index (χ3v) is 16.2. The maximum Gasteiger partial charge on any atom is 0.160 e. The van der Waals surface area contributed by atoms with Crippen LogP contribution in [0.25, 0.3) is 164 Å². The number of rotatable bonds is 6. The Labute approximate surface area is 450 Å². The van der Waals surface area contributed by atoms with Crippen LogP contribution >= 0.6 is 0 Å². The summed E-state index contributed by atoms with van der Waals surface area (Å²) in [7, 11) is 0. The summed E-state index contributed by atoms with van der Waals surface area (Å²) in [6, 6.07) is 97.4. The molecule has 0 atom stereocenters. The molecule has 0 aliphatic heterocycles. The molecule has 0 saturated carbocycles. The lowest BCUT2D eigenvalue weighted by atomic mass is 9.85. The van der Waals surface area contributed by atoms with Crippen LogP contribution in [0, 0.1) is 0 Å². The van der Waals surface area contributed by atoms with Crippen LogP contribution in [0.15, 0.2) is 273 Å². The van der Waals surface area contributed by atoms with E-state index >= 15 is 0 Å². The van der Waals surface area contributed by atoms with Gasteiger partial charge in [-0.25, -0.2) is 9.97 Å². The molecule has 0 fully saturated rings. The smallest absolute Gasteiger partial charge is 0.160 e. The van der Waals surface area contributed by atoms with Crippen molar-refractivity contribution in [1.29, 1.82) is 0 Å². The molecular formula is C75H45N3. The Bertz CT molecular complexity index is 4920. The summed E-state index contributed by atoms with van der Waals surface area (Å²) in [6.07, 6.45) is 1.90. The fourth-order valence-electron chi connectivity index (χ4n) is 12.7. The molecule has 14 aromatic carbocycles. The van der Waals surface area contributed by atoms with Crippen molar-refractivity contribution in [2.24, 2.45) is 0 Å². The van der Waals surface area contributed by atoms with Crippen LogP contribution in [-0.4, -0.2) is 15.0 Å². The molecule has 78 heavy (non-hydrogen) atoms. The molecule has 3 heteroatoms. The summed E-state index contributed by atoms with van der Waals surface area (Å²) in [5.74, 6) is 0.670. The second-order valence-corrected chi connectivity index (χ2v) is 20.5. The van der Waals surface area contributed by atoms with Crippen molar-refractivity contribution >= 4 is 97.1 Å². The van der Waals surface area contributed by atoms with Crippen LogP contribution in [0.5, 0.6) is 0 Å². The van der Waals surface area contributed by atoms with Crippen LogP contribution in [0.2, 0.25) is 0 Å². The molecule has 360 valence electrons. The number of aromatic nitrogens is 3. The van der Waals surface area contributed by atoms with E-state index in [1.54, 1.807) is 0 Å². The zero-order valence-corrected chi connectivity index (χ0v) is 42.3. The number of fused-ring (bicyclic) bond motifs is 17. The molecule has 0 N–H and O–H groups in total. The first-order valence-corrected chi connectivity index (χ1v) is 26.7. The Morgan fingerprint density at radius 3 is 1.09 bits per heavy atom. The van der Waals surface area contributed by atoms with Gasteiger partial charge in [0, 0.05) is 28.3 Å². The van der Waals surface area contributed by atoms with E-state index in [1.165, 1.54) is 97.3 Å². The van der Waals surface area contributed by atoms with Crippen LogP contribution in [0.4, 0.5) is 0 Å². The Hall–Kier alpha value is -10.4. The van der Waals surface area contributed by atoms with Gasteiger partial charge in [-0.05, 0) is 168 Å². The fraction of sp³-hybridized carbons (Fsp3) is 0. The third kappa shape index (κ3) is 6.95. The lowest BCUT2D eigenvalue weighted by Gasteiger charge is -2.19. The molecule has 3 nitrogen and oxygen atoms in total. The maximum atomic E-state index is 5.52. The molecule has 0 saturated heterocycles. The van der Waals surface area contributed by atoms with Gasteiger partial charge in [0.1, 0.15) is 0 Å². The number of para-hydroxylation sites is 1. The van der Waals surface area contributed by atoms with Gasteiger partial charge >= 0.3 is 0 Å². The standard InChI is InChI=1S/C75H45N3/c1-2-18-48(19-3-1)75-77-71(47-36-34-46(35-37-47)52-38-39-76-70-33-17-16-28-61(52)70)45-72(78-75)51-41-49(66-43-68-57-24-6-4-20-53(57)55-22-8-12-29-62(55)73(68)64-31-14-10-26-59(64)66)40-50(42-51)67-44-69-58-25-7-5-21-54(58)56-23-9-13-30-63(56)74(69)65-32-15-11-27-60(65)67/h1-45H. The first kappa shape index (κ1) is 44.0. The number of benzene rings is 14. The second kappa shape index (κ2) is 17.6. The zero-order valence-electron chi connectivity index (χ0n) is 42.3. The van der Waals surface area contributed by atoms with Gasteiger partial charge in [-0.15, -0.1) is 0 Å². The Morgan fingerprint density at radius 2 is 0.577 bits per heavy atom. The highest BCUT2D eigenvalue weighted by Gasteiger charge is 2.21. The van der Waals surface area contributed by atoms with Crippen LogP contribution in [0.1, 0.15) is 0 Å². The molecule has 2 aromatic heterocycles. The summed E-state index contributed by atoms with van der Waals surface area (Å²) in [4.78, 5) is 15.5. The Kier molecular flexibility index (Phi) is 9.94. The summed E-state index contributed by atoms with van der Waals surface area (Å²) >= 11 is 0. The Morgan fingerprint density at radius 1 is 0.205 bits per heavy atom.